The summed E-state index contributed by atoms with van der Waals surface area (Å²) in [6, 6.07) is 4.06. The van der Waals surface area contributed by atoms with Gasteiger partial charge in [0.25, 0.3) is 0 Å². The van der Waals surface area contributed by atoms with Gasteiger partial charge in [-0.1, -0.05) is 19.8 Å². The minimum absolute atomic E-state index is 0.0184. The number of carbonyl (C=O) groups is 2. The normalized spacial score (nSPS) is 21.1. The molecule has 2 N–H and O–H groups in total. The van der Waals surface area contributed by atoms with E-state index < -0.39 is 0 Å². The molecule has 29 heavy (non-hydrogen) atoms. The third kappa shape index (κ3) is 5.34. The van der Waals surface area contributed by atoms with Crippen molar-refractivity contribution in [1.29, 1.82) is 0 Å². The third-order valence-electron chi connectivity index (χ3n) is 6.09. The lowest BCUT2D eigenvalue weighted by atomic mass is 9.86. The van der Waals surface area contributed by atoms with E-state index in [1.54, 1.807) is 19.1 Å². The van der Waals surface area contributed by atoms with Crippen LogP contribution in [0.4, 0.5) is 4.79 Å². The lowest BCUT2D eigenvalue weighted by Gasteiger charge is -2.30. The van der Waals surface area contributed by atoms with Gasteiger partial charge in [0.05, 0.1) is 14.2 Å². The summed E-state index contributed by atoms with van der Waals surface area (Å²) in [5.74, 6) is 1.93. The quantitative estimate of drug-likeness (QED) is 0.765. The Kier molecular flexibility index (Phi) is 7.23. The minimum atomic E-state index is -0.135. The Morgan fingerprint density at radius 1 is 1.10 bits per heavy atom. The van der Waals surface area contributed by atoms with E-state index in [-0.39, 0.29) is 18.0 Å². The maximum Gasteiger partial charge on any atom is 0.317 e. The summed E-state index contributed by atoms with van der Waals surface area (Å²) < 4.78 is 10.7. The first-order valence-electron chi connectivity index (χ1n) is 10.6. The SMILES string of the molecule is COc1cc2c(cc1OC)CN(C(=O)NCCC(=O)N[C@@H]1CCCC[C@@H]1C)CC2. The minimum Gasteiger partial charge on any atom is -0.493 e. The highest BCUT2D eigenvalue weighted by molar-refractivity contribution is 5.78. The van der Waals surface area contributed by atoms with Gasteiger partial charge < -0.3 is 25.0 Å². The standard InChI is InChI=1S/C22H33N3O4/c1-15-6-4-5-7-18(15)24-21(26)8-10-23-22(27)25-11-9-16-12-19(28-2)20(29-3)13-17(16)14-25/h12-13,15,18H,4-11,14H2,1-3H3,(H,23,27)(H,24,26)/t15-,18+/m0/s1. The van der Waals surface area contributed by atoms with Crippen molar-refractivity contribution in [2.24, 2.45) is 5.92 Å². The highest BCUT2D eigenvalue weighted by atomic mass is 16.5. The molecule has 1 saturated carbocycles. The topological polar surface area (TPSA) is 79.9 Å². The molecule has 0 saturated heterocycles. The van der Waals surface area contributed by atoms with Gasteiger partial charge in [-0.2, -0.15) is 0 Å². The Morgan fingerprint density at radius 3 is 2.48 bits per heavy atom. The van der Waals surface area contributed by atoms with Gasteiger partial charge in [-0.05, 0) is 48.4 Å². The Balaban J connectivity index is 1.46. The van der Waals surface area contributed by atoms with Crippen LogP contribution in [0.25, 0.3) is 0 Å². The molecule has 0 radical (unpaired) electrons. The van der Waals surface area contributed by atoms with E-state index in [1.807, 2.05) is 12.1 Å². The summed E-state index contributed by atoms with van der Waals surface area (Å²) in [6.45, 7) is 3.71. The molecule has 1 heterocycles. The molecule has 3 rings (SSSR count). The molecular formula is C22H33N3O4. The van der Waals surface area contributed by atoms with Gasteiger partial charge >= 0.3 is 6.03 Å². The van der Waals surface area contributed by atoms with Gasteiger partial charge in [-0.3, -0.25) is 4.79 Å². The molecule has 2 aliphatic rings. The molecule has 2 atom stereocenters. The molecule has 1 aromatic carbocycles. The molecule has 7 nitrogen and oxygen atoms in total. The monoisotopic (exact) mass is 403 g/mol. The fourth-order valence-corrected chi connectivity index (χ4v) is 4.26. The molecule has 0 unspecified atom stereocenters. The number of benzene rings is 1. The van der Waals surface area contributed by atoms with E-state index in [0.717, 1.165) is 18.4 Å². The van der Waals surface area contributed by atoms with Gasteiger partial charge in [0.15, 0.2) is 11.5 Å². The molecule has 1 aliphatic carbocycles. The van der Waals surface area contributed by atoms with Crippen molar-refractivity contribution in [3.8, 4) is 11.5 Å². The smallest absolute Gasteiger partial charge is 0.317 e. The predicted octanol–water partition coefficient (Wildman–Crippen LogP) is 2.86. The zero-order valence-electron chi connectivity index (χ0n) is 17.8. The second-order valence-corrected chi connectivity index (χ2v) is 8.07. The lowest BCUT2D eigenvalue weighted by Crippen LogP contribution is -2.45. The fraction of sp³-hybridized carbons (Fsp3) is 0.636. The van der Waals surface area contributed by atoms with Crippen LogP contribution in [0.3, 0.4) is 0 Å². The van der Waals surface area contributed by atoms with Crippen molar-refractivity contribution in [2.45, 2.75) is 58.0 Å². The summed E-state index contributed by atoms with van der Waals surface area (Å²) in [5.41, 5.74) is 2.24. The number of amides is 3. The van der Waals surface area contributed by atoms with Gasteiger partial charge in [-0.15, -0.1) is 0 Å². The van der Waals surface area contributed by atoms with Crippen LogP contribution < -0.4 is 20.1 Å². The van der Waals surface area contributed by atoms with Crippen LogP contribution >= 0.6 is 0 Å². The van der Waals surface area contributed by atoms with Crippen molar-refractivity contribution < 1.29 is 19.1 Å². The van der Waals surface area contributed by atoms with Gasteiger partial charge in [0.1, 0.15) is 0 Å². The average Bonchev–Trinajstić information content (AvgIpc) is 2.73. The zero-order chi connectivity index (χ0) is 20.8. The maximum atomic E-state index is 12.5. The van der Waals surface area contributed by atoms with Crippen LogP contribution in [0.2, 0.25) is 0 Å². The van der Waals surface area contributed by atoms with Gasteiger partial charge in [-0.25, -0.2) is 4.79 Å². The fourth-order valence-electron chi connectivity index (χ4n) is 4.26. The Hall–Kier alpha value is -2.44. The van der Waals surface area contributed by atoms with E-state index in [9.17, 15) is 9.59 Å². The molecule has 3 amide bonds. The lowest BCUT2D eigenvalue weighted by molar-refractivity contribution is -0.122. The van der Waals surface area contributed by atoms with Crippen molar-refractivity contribution >= 4 is 11.9 Å². The average molecular weight is 404 g/mol. The van der Waals surface area contributed by atoms with Crippen molar-refractivity contribution in [3.63, 3.8) is 0 Å². The second kappa shape index (κ2) is 9.85. The van der Waals surface area contributed by atoms with Gasteiger partial charge in [0, 0.05) is 32.1 Å². The van der Waals surface area contributed by atoms with E-state index in [2.05, 4.69) is 17.6 Å². The highest BCUT2D eigenvalue weighted by Gasteiger charge is 2.24. The zero-order valence-corrected chi connectivity index (χ0v) is 17.8. The second-order valence-electron chi connectivity index (χ2n) is 8.07. The van der Waals surface area contributed by atoms with Crippen LogP contribution in [-0.4, -0.2) is 50.2 Å². The molecule has 160 valence electrons. The number of nitrogens with zero attached hydrogens (tertiary/aromatic N) is 1. The highest BCUT2D eigenvalue weighted by Crippen LogP contribution is 2.33. The Bertz CT molecular complexity index is 737. The number of nitrogens with one attached hydrogen (secondary N) is 2. The first-order chi connectivity index (χ1) is 14.0. The summed E-state index contributed by atoms with van der Waals surface area (Å²) in [5, 5.41) is 6.01. The first kappa shape index (κ1) is 21.3. The van der Waals surface area contributed by atoms with Crippen molar-refractivity contribution in [1.82, 2.24) is 15.5 Å². The number of hydrogen-bond acceptors (Lipinski definition) is 4. The van der Waals surface area contributed by atoms with E-state index in [0.29, 0.717) is 43.5 Å². The molecule has 7 heteroatoms. The number of rotatable bonds is 6. The number of urea groups is 1. The van der Waals surface area contributed by atoms with Crippen LogP contribution in [0, 0.1) is 5.92 Å². The van der Waals surface area contributed by atoms with E-state index in [1.165, 1.54) is 24.8 Å². The van der Waals surface area contributed by atoms with Crippen LogP contribution in [0.5, 0.6) is 11.5 Å². The van der Waals surface area contributed by atoms with Crippen LogP contribution in [-0.2, 0) is 17.8 Å². The van der Waals surface area contributed by atoms with Crippen LogP contribution in [0.1, 0.15) is 50.2 Å². The van der Waals surface area contributed by atoms with E-state index in [4.69, 9.17) is 9.47 Å². The van der Waals surface area contributed by atoms with Gasteiger partial charge in [0.2, 0.25) is 5.91 Å². The molecule has 1 aromatic rings. The number of methoxy groups -OCH3 is 2. The number of ether oxygens (including phenoxy) is 2. The molecule has 0 bridgehead atoms. The summed E-state index contributed by atoms with van der Waals surface area (Å²) in [6.07, 6.45) is 5.74. The molecule has 0 aromatic heterocycles. The molecule has 1 fully saturated rings. The summed E-state index contributed by atoms with van der Waals surface area (Å²) >= 11 is 0. The number of hydrogen-bond donors (Lipinski definition) is 2. The summed E-state index contributed by atoms with van der Waals surface area (Å²) in [7, 11) is 3.23. The number of fused-ring (bicyclic) bond motifs is 1. The molecule has 0 spiro atoms. The van der Waals surface area contributed by atoms with Crippen molar-refractivity contribution in [3.05, 3.63) is 23.3 Å². The first-order valence-corrected chi connectivity index (χ1v) is 10.6. The Morgan fingerprint density at radius 2 is 1.79 bits per heavy atom. The van der Waals surface area contributed by atoms with E-state index >= 15 is 0 Å². The molecule has 1 aliphatic heterocycles. The summed E-state index contributed by atoms with van der Waals surface area (Å²) in [4.78, 5) is 26.5. The Labute approximate surface area is 173 Å². The largest absolute Gasteiger partial charge is 0.493 e. The maximum absolute atomic E-state index is 12.5. The molecular weight excluding hydrogens is 370 g/mol. The number of carbonyl (C=O) groups excluding carboxylic acids is 2. The van der Waals surface area contributed by atoms with Crippen LogP contribution in [0.15, 0.2) is 12.1 Å². The van der Waals surface area contributed by atoms with Crippen molar-refractivity contribution in [2.75, 3.05) is 27.3 Å². The predicted molar refractivity (Wildman–Crippen MR) is 111 cm³/mol. The third-order valence-corrected chi connectivity index (χ3v) is 6.09.